The lowest BCUT2D eigenvalue weighted by Crippen LogP contribution is -2.16. The Hall–Kier alpha value is -0.870. The van der Waals surface area contributed by atoms with Crippen LogP contribution in [0.25, 0.3) is 0 Å². The zero-order chi connectivity index (χ0) is 12.8. The van der Waals surface area contributed by atoms with E-state index < -0.39 is 0 Å². The molecule has 5 heteroatoms. The fourth-order valence-corrected chi connectivity index (χ4v) is 2.36. The minimum atomic E-state index is -0.165. The number of nitrogens with two attached hydrogens (primary N) is 1. The number of carbonyl (C=O) groups is 1. The van der Waals surface area contributed by atoms with Crippen LogP contribution >= 0.6 is 23.4 Å². The third kappa shape index (κ3) is 4.48. The Morgan fingerprint density at radius 2 is 2.29 bits per heavy atom. The lowest BCUT2D eigenvalue weighted by Gasteiger charge is -2.10. The van der Waals surface area contributed by atoms with Gasteiger partial charge in [0.05, 0.1) is 23.2 Å². The summed E-state index contributed by atoms with van der Waals surface area (Å²) in [5.41, 5.74) is 6.18. The number of ether oxygens (including phenoxy) is 1. The van der Waals surface area contributed by atoms with Crippen molar-refractivity contribution in [1.29, 1.82) is 0 Å². The molecule has 0 saturated carbocycles. The molecule has 1 aromatic rings. The number of anilines is 1. The summed E-state index contributed by atoms with van der Waals surface area (Å²) in [4.78, 5) is 12.4. The SMILES string of the molecule is CCOC(=O)C(C)CSc1ccc(N)c(Cl)c1. The average molecular weight is 274 g/mol. The molecule has 0 amide bonds. The predicted molar refractivity (Wildman–Crippen MR) is 72.4 cm³/mol. The number of carbonyl (C=O) groups excluding carboxylic acids is 1. The van der Waals surface area contributed by atoms with E-state index in [1.54, 1.807) is 30.8 Å². The summed E-state index contributed by atoms with van der Waals surface area (Å²) in [6, 6.07) is 5.46. The van der Waals surface area contributed by atoms with Gasteiger partial charge in [0, 0.05) is 10.6 Å². The van der Waals surface area contributed by atoms with E-state index in [9.17, 15) is 4.79 Å². The van der Waals surface area contributed by atoms with Crippen molar-refractivity contribution in [2.24, 2.45) is 5.92 Å². The van der Waals surface area contributed by atoms with E-state index in [1.807, 2.05) is 13.0 Å². The quantitative estimate of drug-likeness (QED) is 0.508. The largest absolute Gasteiger partial charge is 0.466 e. The highest BCUT2D eigenvalue weighted by atomic mass is 35.5. The Labute approximate surface area is 111 Å². The topological polar surface area (TPSA) is 52.3 Å². The van der Waals surface area contributed by atoms with Crippen molar-refractivity contribution < 1.29 is 9.53 Å². The molecule has 0 heterocycles. The van der Waals surface area contributed by atoms with Crippen LogP contribution in [0.15, 0.2) is 23.1 Å². The van der Waals surface area contributed by atoms with Crippen LogP contribution in [0.5, 0.6) is 0 Å². The van der Waals surface area contributed by atoms with Gasteiger partial charge in [-0.2, -0.15) is 0 Å². The van der Waals surface area contributed by atoms with Gasteiger partial charge >= 0.3 is 5.97 Å². The molecule has 0 aromatic heterocycles. The van der Waals surface area contributed by atoms with Crippen molar-refractivity contribution in [3.05, 3.63) is 23.2 Å². The van der Waals surface area contributed by atoms with Crippen molar-refractivity contribution in [3.63, 3.8) is 0 Å². The molecule has 0 fully saturated rings. The van der Waals surface area contributed by atoms with E-state index in [2.05, 4.69) is 0 Å². The van der Waals surface area contributed by atoms with Gasteiger partial charge < -0.3 is 10.5 Å². The number of benzene rings is 1. The van der Waals surface area contributed by atoms with Crippen LogP contribution in [-0.2, 0) is 9.53 Å². The van der Waals surface area contributed by atoms with Crippen molar-refractivity contribution in [2.45, 2.75) is 18.7 Å². The minimum absolute atomic E-state index is 0.128. The lowest BCUT2D eigenvalue weighted by atomic mass is 10.2. The molecule has 0 aliphatic heterocycles. The van der Waals surface area contributed by atoms with Crippen molar-refractivity contribution >= 4 is 35.0 Å². The molecule has 2 N–H and O–H groups in total. The fraction of sp³-hybridized carbons (Fsp3) is 0.417. The summed E-state index contributed by atoms with van der Waals surface area (Å²) in [5, 5.41) is 0.541. The first-order chi connectivity index (χ1) is 8.04. The number of hydrogen-bond donors (Lipinski definition) is 1. The van der Waals surface area contributed by atoms with Gasteiger partial charge in [0.25, 0.3) is 0 Å². The van der Waals surface area contributed by atoms with Crippen molar-refractivity contribution in [1.82, 2.24) is 0 Å². The van der Waals surface area contributed by atoms with Gasteiger partial charge in [-0.15, -0.1) is 11.8 Å². The molecule has 0 saturated heterocycles. The average Bonchev–Trinajstić information content (AvgIpc) is 2.30. The predicted octanol–water partition coefficient (Wildman–Crippen LogP) is 3.21. The Kier molecular flexibility index (Phi) is 5.65. The van der Waals surface area contributed by atoms with Gasteiger partial charge in [-0.25, -0.2) is 0 Å². The molecule has 0 aliphatic rings. The zero-order valence-electron chi connectivity index (χ0n) is 9.90. The molecule has 1 aromatic carbocycles. The Bertz CT molecular complexity index is 398. The van der Waals surface area contributed by atoms with E-state index in [4.69, 9.17) is 22.1 Å². The van der Waals surface area contributed by atoms with Crippen molar-refractivity contribution in [3.8, 4) is 0 Å². The second kappa shape index (κ2) is 6.77. The van der Waals surface area contributed by atoms with Gasteiger partial charge in [-0.05, 0) is 25.1 Å². The monoisotopic (exact) mass is 273 g/mol. The molecular weight excluding hydrogens is 258 g/mol. The van der Waals surface area contributed by atoms with Gasteiger partial charge in [0.1, 0.15) is 0 Å². The number of esters is 1. The van der Waals surface area contributed by atoms with Crippen LogP contribution < -0.4 is 5.73 Å². The minimum Gasteiger partial charge on any atom is -0.466 e. The van der Waals surface area contributed by atoms with Gasteiger partial charge in [-0.1, -0.05) is 18.5 Å². The molecule has 1 atom stereocenters. The van der Waals surface area contributed by atoms with Gasteiger partial charge in [0.2, 0.25) is 0 Å². The maximum Gasteiger partial charge on any atom is 0.309 e. The van der Waals surface area contributed by atoms with E-state index in [0.717, 1.165) is 4.90 Å². The summed E-state index contributed by atoms with van der Waals surface area (Å²) in [7, 11) is 0. The van der Waals surface area contributed by atoms with Crippen LogP contribution in [0.1, 0.15) is 13.8 Å². The van der Waals surface area contributed by atoms with E-state index in [0.29, 0.717) is 23.1 Å². The second-order valence-corrected chi connectivity index (χ2v) is 5.15. The third-order valence-corrected chi connectivity index (χ3v) is 3.74. The number of hydrogen-bond acceptors (Lipinski definition) is 4. The smallest absolute Gasteiger partial charge is 0.309 e. The molecule has 0 bridgehead atoms. The first-order valence-corrected chi connectivity index (χ1v) is 6.75. The van der Waals surface area contributed by atoms with Crippen LogP contribution in [-0.4, -0.2) is 18.3 Å². The molecule has 1 unspecified atom stereocenters. The Balaban J connectivity index is 2.50. The van der Waals surface area contributed by atoms with Crippen molar-refractivity contribution in [2.75, 3.05) is 18.1 Å². The van der Waals surface area contributed by atoms with E-state index in [-0.39, 0.29) is 11.9 Å². The normalized spacial score (nSPS) is 12.2. The highest BCUT2D eigenvalue weighted by molar-refractivity contribution is 7.99. The fourth-order valence-electron chi connectivity index (χ4n) is 1.17. The summed E-state index contributed by atoms with van der Waals surface area (Å²) in [6.45, 7) is 4.07. The molecule has 0 aliphatic carbocycles. The van der Waals surface area contributed by atoms with Crippen LogP contribution in [0.3, 0.4) is 0 Å². The lowest BCUT2D eigenvalue weighted by molar-refractivity contribution is -0.146. The zero-order valence-corrected chi connectivity index (χ0v) is 11.5. The molecule has 94 valence electrons. The standard InChI is InChI=1S/C12H16ClNO2S/c1-3-16-12(15)8(2)7-17-9-4-5-11(14)10(13)6-9/h4-6,8H,3,7,14H2,1-2H3. The van der Waals surface area contributed by atoms with Gasteiger partial charge in [-0.3, -0.25) is 4.79 Å². The summed E-state index contributed by atoms with van der Waals surface area (Å²) >= 11 is 7.48. The number of thioether (sulfide) groups is 1. The van der Waals surface area contributed by atoms with E-state index >= 15 is 0 Å². The molecule has 3 nitrogen and oxygen atoms in total. The number of halogens is 1. The molecule has 0 spiro atoms. The Morgan fingerprint density at radius 3 is 2.88 bits per heavy atom. The first kappa shape index (κ1) is 14.2. The van der Waals surface area contributed by atoms with Crippen LogP contribution in [0, 0.1) is 5.92 Å². The summed E-state index contributed by atoms with van der Waals surface area (Å²) in [5.74, 6) is 0.372. The molecule has 0 radical (unpaired) electrons. The maximum absolute atomic E-state index is 11.4. The summed E-state index contributed by atoms with van der Waals surface area (Å²) < 4.78 is 4.94. The van der Waals surface area contributed by atoms with Crippen LogP contribution in [0.4, 0.5) is 5.69 Å². The van der Waals surface area contributed by atoms with Gasteiger partial charge in [0.15, 0.2) is 0 Å². The Morgan fingerprint density at radius 1 is 1.59 bits per heavy atom. The van der Waals surface area contributed by atoms with E-state index in [1.165, 1.54) is 0 Å². The highest BCUT2D eigenvalue weighted by Crippen LogP contribution is 2.27. The molecular formula is C12H16ClNO2S. The highest BCUT2D eigenvalue weighted by Gasteiger charge is 2.14. The maximum atomic E-state index is 11.4. The first-order valence-electron chi connectivity index (χ1n) is 5.39. The second-order valence-electron chi connectivity index (χ2n) is 3.65. The number of nitrogen functional groups attached to an aromatic ring is 1. The van der Waals surface area contributed by atoms with Crippen LogP contribution in [0.2, 0.25) is 5.02 Å². The molecule has 1 rings (SSSR count). The number of rotatable bonds is 5. The summed E-state index contributed by atoms with van der Waals surface area (Å²) in [6.07, 6.45) is 0. The third-order valence-electron chi connectivity index (χ3n) is 2.16. The molecule has 17 heavy (non-hydrogen) atoms.